The molecule has 0 radical (unpaired) electrons. The van der Waals surface area contributed by atoms with Gasteiger partial charge in [-0.05, 0) is 37.9 Å². The van der Waals surface area contributed by atoms with Crippen molar-refractivity contribution in [1.82, 2.24) is 9.78 Å². The van der Waals surface area contributed by atoms with Gasteiger partial charge in [-0.15, -0.1) is 11.3 Å². The molecule has 0 saturated carbocycles. The minimum absolute atomic E-state index is 0.0161. The van der Waals surface area contributed by atoms with Crippen molar-refractivity contribution >= 4 is 49.0 Å². The Labute approximate surface area is 107 Å². The second-order valence-corrected chi connectivity index (χ2v) is 5.60. The Morgan fingerprint density at radius 3 is 2.73 bits per heavy atom. The second-order valence-electron chi connectivity index (χ2n) is 2.92. The molecule has 2 aromatic heterocycles. The predicted molar refractivity (Wildman–Crippen MR) is 66.4 cm³/mol. The molecule has 0 aliphatic rings. The van der Waals surface area contributed by atoms with E-state index in [-0.39, 0.29) is 5.78 Å². The first kappa shape index (κ1) is 11.0. The van der Waals surface area contributed by atoms with Crippen molar-refractivity contribution in [3.8, 4) is 0 Å². The average Bonchev–Trinajstić information content (AvgIpc) is 2.73. The van der Waals surface area contributed by atoms with Gasteiger partial charge in [0.15, 0.2) is 0 Å². The number of hydrogen-bond acceptors (Lipinski definition) is 3. The lowest BCUT2D eigenvalue weighted by molar-refractivity contribution is 0.103. The Bertz CT molecular complexity index is 498. The van der Waals surface area contributed by atoms with Crippen molar-refractivity contribution in [2.24, 2.45) is 7.05 Å². The summed E-state index contributed by atoms with van der Waals surface area (Å²) in [7, 11) is 1.75. The molecule has 3 nitrogen and oxygen atoms in total. The van der Waals surface area contributed by atoms with Crippen LogP contribution in [0.1, 0.15) is 15.4 Å². The number of rotatable bonds is 2. The van der Waals surface area contributed by atoms with Gasteiger partial charge in [0.1, 0.15) is 5.69 Å². The fourth-order valence-corrected chi connectivity index (χ4v) is 3.11. The average molecular weight is 350 g/mol. The molecule has 0 bridgehead atoms. The standard InChI is InChI=1S/C9H6Br2N2OS/c1-13-8(6(11)3-12-13)9(14)7-2-5(10)4-15-7/h2-4H,1H3. The minimum atomic E-state index is -0.0161. The van der Waals surface area contributed by atoms with Gasteiger partial charge in [-0.3, -0.25) is 9.48 Å². The van der Waals surface area contributed by atoms with E-state index in [0.29, 0.717) is 10.6 Å². The van der Waals surface area contributed by atoms with Gasteiger partial charge in [-0.2, -0.15) is 5.10 Å². The van der Waals surface area contributed by atoms with Crippen LogP contribution < -0.4 is 0 Å². The number of thiophene rings is 1. The van der Waals surface area contributed by atoms with Gasteiger partial charge in [0.25, 0.3) is 0 Å². The molecule has 2 rings (SSSR count). The van der Waals surface area contributed by atoms with E-state index >= 15 is 0 Å². The molecule has 0 saturated heterocycles. The monoisotopic (exact) mass is 348 g/mol. The molecule has 0 aliphatic heterocycles. The van der Waals surface area contributed by atoms with Crippen molar-refractivity contribution in [3.63, 3.8) is 0 Å². The Morgan fingerprint density at radius 2 is 2.27 bits per heavy atom. The Morgan fingerprint density at radius 1 is 1.53 bits per heavy atom. The highest BCUT2D eigenvalue weighted by molar-refractivity contribution is 9.10. The summed E-state index contributed by atoms with van der Waals surface area (Å²) in [4.78, 5) is 12.8. The summed E-state index contributed by atoms with van der Waals surface area (Å²) >= 11 is 8.05. The van der Waals surface area contributed by atoms with Gasteiger partial charge in [-0.1, -0.05) is 0 Å². The molecule has 0 fully saturated rings. The number of carbonyl (C=O) groups is 1. The third kappa shape index (κ3) is 2.07. The van der Waals surface area contributed by atoms with E-state index < -0.39 is 0 Å². The van der Waals surface area contributed by atoms with E-state index in [1.54, 1.807) is 17.9 Å². The van der Waals surface area contributed by atoms with Crippen LogP contribution in [0.25, 0.3) is 0 Å². The highest BCUT2D eigenvalue weighted by Crippen LogP contribution is 2.25. The van der Waals surface area contributed by atoms with Gasteiger partial charge < -0.3 is 0 Å². The van der Waals surface area contributed by atoms with Crippen LogP contribution in [0, 0.1) is 0 Å². The van der Waals surface area contributed by atoms with E-state index in [2.05, 4.69) is 37.0 Å². The molecular weight excluding hydrogens is 344 g/mol. The van der Waals surface area contributed by atoms with Crippen molar-refractivity contribution in [1.29, 1.82) is 0 Å². The zero-order chi connectivity index (χ0) is 11.0. The zero-order valence-corrected chi connectivity index (χ0v) is 11.7. The summed E-state index contributed by atoms with van der Waals surface area (Å²) in [5, 5.41) is 5.90. The van der Waals surface area contributed by atoms with Gasteiger partial charge in [0.2, 0.25) is 5.78 Å². The maximum absolute atomic E-state index is 12.1. The van der Waals surface area contributed by atoms with Crippen LogP contribution in [0.15, 0.2) is 26.6 Å². The molecule has 0 amide bonds. The number of ketones is 1. The van der Waals surface area contributed by atoms with E-state index in [1.807, 2.05) is 11.4 Å². The van der Waals surface area contributed by atoms with Crippen LogP contribution in [-0.2, 0) is 7.05 Å². The Kier molecular flexibility index (Phi) is 3.08. The number of nitrogens with zero attached hydrogens (tertiary/aromatic N) is 2. The third-order valence-electron chi connectivity index (χ3n) is 1.90. The quantitative estimate of drug-likeness (QED) is 0.780. The maximum Gasteiger partial charge on any atom is 0.222 e. The molecule has 15 heavy (non-hydrogen) atoms. The summed E-state index contributed by atoms with van der Waals surface area (Å²) in [6.07, 6.45) is 1.62. The van der Waals surface area contributed by atoms with Crippen LogP contribution in [0.4, 0.5) is 0 Å². The van der Waals surface area contributed by atoms with Crippen LogP contribution in [0.5, 0.6) is 0 Å². The molecule has 2 aromatic rings. The smallest absolute Gasteiger partial charge is 0.222 e. The van der Waals surface area contributed by atoms with Gasteiger partial charge >= 0.3 is 0 Å². The number of aryl methyl sites for hydroxylation is 1. The van der Waals surface area contributed by atoms with E-state index in [4.69, 9.17) is 0 Å². The van der Waals surface area contributed by atoms with E-state index in [9.17, 15) is 4.79 Å². The molecule has 0 aliphatic carbocycles. The first-order chi connectivity index (χ1) is 7.09. The van der Waals surface area contributed by atoms with Gasteiger partial charge in [-0.25, -0.2) is 0 Å². The lowest BCUT2D eigenvalue weighted by Crippen LogP contribution is -2.07. The highest BCUT2D eigenvalue weighted by atomic mass is 79.9. The van der Waals surface area contributed by atoms with Crippen molar-refractivity contribution in [2.45, 2.75) is 0 Å². The van der Waals surface area contributed by atoms with E-state index in [1.165, 1.54) is 11.3 Å². The second kappa shape index (κ2) is 4.19. The molecule has 0 atom stereocenters. The van der Waals surface area contributed by atoms with Crippen LogP contribution in [0.3, 0.4) is 0 Å². The number of halogens is 2. The topological polar surface area (TPSA) is 34.9 Å². The first-order valence-corrected chi connectivity index (χ1v) is 6.52. The molecule has 0 N–H and O–H groups in total. The number of carbonyl (C=O) groups excluding carboxylic acids is 1. The third-order valence-corrected chi connectivity index (χ3v) is 4.17. The number of aromatic nitrogens is 2. The zero-order valence-electron chi connectivity index (χ0n) is 7.70. The van der Waals surface area contributed by atoms with Crippen molar-refractivity contribution in [2.75, 3.05) is 0 Å². The van der Waals surface area contributed by atoms with Crippen molar-refractivity contribution in [3.05, 3.63) is 37.2 Å². The summed E-state index contributed by atoms with van der Waals surface area (Å²) in [6, 6.07) is 1.81. The molecule has 78 valence electrons. The van der Waals surface area contributed by atoms with Crippen molar-refractivity contribution < 1.29 is 4.79 Å². The molecule has 6 heteroatoms. The summed E-state index contributed by atoms with van der Waals surface area (Å²) in [5.41, 5.74) is 0.573. The summed E-state index contributed by atoms with van der Waals surface area (Å²) in [6.45, 7) is 0. The van der Waals surface area contributed by atoms with Gasteiger partial charge in [0, 0.05) is 16.9 Å². The van der Waals surface area contributed by atoms with Crippen LogP contribution >= 0.6 is 43.2 Å². The first-order valence-electron chi connectivity index (χ1n) is 4.06. The summed E-state index contributed by atoms with van der Waals surface area (Å²) in [5.74, 6) is -0.0161. The Balaban J connectivity index is 2.45. The lowest BCUT2D eigenvalue weighted by atomic mass is 10.2. The fourth-order valence-electron chi connectivity index (χ4n) is 1.21. The highest BCUT2D eigenvalue weighted by Gasteiger charge is 2.18. The molecule has 0 unspecified atom stereocenters. The van der Waals surface area contributed by atoms with Crippen LogP contribution in [0.2, 0.25) is 0 Å². The van der Waals surface area contributed by atoms with Gasteiger partial charge in [0.05, 0.1) is 15.5 Å². The maximum atomic E-state index is 12.1. The normalized spacial score (nSPS) is 10.6. The lowest BCUT2D eigenvalue weighted by Gasteiger charge is -1.99. The molecule has 0 spiro atoms. The minimum Gasteiger partial charge on any atom is -0.286 e. The number of hydrogen-bond donors (Lipinski definition) is 0. The summed E-state index contributed by atoms with van der Waals surface area (Å²) < 4.78 is 3.22. The SMILES string of the molecule is Cn1ncc(Br)c1C(=O)c1cc(Br)cs1. The fraction of sp³-hybridized carbons (Fsp3) is 0.111. The largest absolute Gasteiger partial charge is 0.286 e. The molecule has 2 heterocycles. The molecular formula is C9H6Br2N2OS. The van der Waals surface area contributed by atoms with Crippen LogP contribution in [-0.4, -0.2) is 15.6 Å². The predicted octanol–water partition coefficient (Wildman–Crippen LogP) is 3.24. The van der Waals surface area contributed by atoms with E-state index in [0.717, 1.165) is 8.95 Å². The molecule has 0 aromatic carbocycles. The Hall–Kier alpha value is -0.460.